The van der Waals surface area contributed by atoms with E-state index in [9.17, 15) is 4.79 Å². The Morgan fingerprint density at radius 3 is 2.96 bits per heavy atom. The van der Waals surface area contributed by atoms with Gasteiger partial charge in [0.25, 0.3) is 5.91 Å². The van der Waals surface area contributed by atoms with Crippen LogP contribution in [0.4, 0.5) is 0 Å². The molecule has 0 bridgehead atoms. The number of hydrogen-bond donors (Lipinski definition) is 1. The smallest absolute Gasteiger partial charge is 0.251 e. The maximum Gasteiger partial charge on any atom is 0.251 e. The van der Waals surface area contributed by atoms with Crippen molar-refractivity contribution in [1.82, 2.24) is 14.9 Å². The number of para-hydroxylation sites is 2. The second-order valence-electron chi connectivity index (χ2n) is 6.39. The molecule has 1 amide bonds. The fourth-order valence-corrected chi connectivity index (χ4v) is 3.49. The quantitative estimate of drug-likeness (QED) is 0.745. The third kappa shape index (κ3) is 3.57. The predicted octanol–water partition coefficient (Wildman–Crippen LogP) is 3.59. The number of hydrogen-bond acceptors (Lipinski definition) is 4. The van der Waals surface area contributed by atoms with Gasteiger partial charge in [-0.1, -0.05) is 23.7 Å². The highest BCUT2D eigenvalue weighted by molar-refractivity contribution is 6.32. The number of rotatable bonds is 4. The standard InChI is InChI=1S/C20H20ClN3O3/c1-13-23-16-5-2-3-6-17(16)24(13)8-7-22-20(25)14-11-15(21)19-18(12-14)26-9-4-10-27-19/h2-3,5-6,11-12H,4,7-10H2,1H3,(H,22,25). The van der Waals surface area contributed by atoms with Gasteiger partial charge in [-0.3, -0.25) is 4.79 Å². The number of ether oxygens (including phenoxy) is 2. The normalized spacial score (nSPS) is 13.4. The van der Waals surface area contributed by atoms with Crippen LogP contribution in [0.15, 0.2) is 36.4 Å². The third-order valence-corrected chi connectivity index (χ3v) is 4.81. The molecule has 6 nitrogen and oxygen atoms in total. The van der Waals surface area contributed by atoms with Gasteiger partial charge < -0.3 is 19.4 Å². The molecule has 0 radical (unpaired) electrons. The van der Waals surface area contributed by atoms with Crippen molar-refractivity contribution in [3.05, 3.63) is 52.8 Å². The molecule has 3 aromatic rings. The minimum Gasteiger partial charge on any atom is -0.489 e. The number of benzene rings is 2. The summed E-state index contributed by atoms with van der Waals surface area (Å²) in [5.74, 6) is 1.74. The lowest BCUT2D eigenvalue weighted by molar-refractivity contribution is 0.0952. The molecule has 0 spiro atoms. The van der Waals surface area contributed by atoms with Crippen LogP contribution in [-0.4, -0.2) is 35.2 Å². The zero-order valence-corrected chi connectivity index (χ0v) is 15.8. The number of nitrogens with zero attached hydrogens (tertiary/aromatic N) is 2. The van der Waals surface area contributed by atoms with Crippen molar-refractivity contribution >= 4 is 28.5 Å². The summed E-state index contributed by atoms with van der Waals surface area (Å²) in [6, 6.07) is 11.3. The summed E-state index contributed by atoms with van der Waals surface area (Å²) in [5, 5.41) is 3.32. The minimum atomic E-state index is -0.199. The summed E-state index contributed by atoms with van der Waals surface area (Å²) in [6.45, 7) is 4.17. The molecule has 2 heterocycles. The van der Waals surface area contributed by atoms with Gasteiger partial charge in [0.1, 0.15) is 5.82 Å². The molecule has 1 N–H and O–H groups in total. The number of imidazole rings is 1. The van der Waals surface area contributed by atoms with Gasteiger partial charge in [-0.2, -0.15) is 0 Å². The van der Waals surface area contributed by atoms with Crippen LogP contribution in [0.2, 0.25) is 5.02 Å². The number of halogens is 1. The summed E-state index contributed by atoms with van der Waals surface area (Å²) in [4.78, 5) is 17.1. The topological polar surface area (TPSA) is 65.4 Å². The van der Waals surface area contributed by atoms with Crippen molar-refractivity contribution < 1.29 is 14.3 Å². The van der Waals surface area contributed by atoms with Crippen LogP contribution in [0.3, 0.4) is 0 Å². The van der Waals surface area contributed by atoms with E-state index in [0.29, 0.717) is 48.4 Å². The highest BCUT2D eigenvalue weighted by Crippen LogP contribution is 2.37. The minimum absolute atomic E-state index is 0.199. The highest BCUT2D eigenvalue weighted by Gasteiger charge is 2.18. The van der Waals surface area contributed by atoms with E-state index in [0.717, 1.165) is 23.3 Å². The summed E-state index contributed by atoms with van der Waals surface area (Å²) >= 11 is 6.27. The molecular weight excluding hydrogens is 366 g/mol. The van der Waals surface area contributed by atoms with Crippen LogP contribution in [0.1, 0.15) is 22.6 Å². The van der Waals surface area contributed by atoms with Crippen molar-refractivity contribution in [1.29, 1.82) is 0 Å². The molecule has 0 aliphatic carbocycles. The number of amides is 1. The molecule has 1 aliphatic heterocycles. The van der Waals surface area contributed by atoms with Crippen molar-refractivity contribution in [2.24, 2.45) is 0 Å². The SMILES string of the molecule is Cc1nc2ccccc2n1CCNC(=O)c1cc(Cl)c2c(c1)OCCCO2. The van der Waals surface area contributed by atoms with E-state index in [2.05, 4.69) is 14.9 Å². The first-order chi connectivity index (χ1) is 13.1. The van der Waals surface area contributed by atoms with Crippen LogP contribution in [0.25, 0.3) is 11.0 Å². The number of aromatic nitrogens is 2. The van der Waals surface area contributed by atoms with Gasteiger partial charge in [0.05, 0.1) is 29.3 Å². The van der Waals surface area contributed by atoms with E-state index in [1.165, 1.54) is 0 Å². The fraction of sp³-hybridized carbons (Fsp3) is 0.300. The van der Waals surface area contributed by atoms with Gasteiger partial charge in [-0.05, 0) is 31.2 Å². The lowest BCUT2D eigenvalue weighted by atomic mass is 10.2. The van der Waals surface area contributed by atoms with Gasteiger partial charge in [-0.25, -0.2) is 4.98 Å². The zero-order valence-electron chi connectivity index (χ0n) is 15.0. The van der Waals surface area contributed by atoms with Gasteiger partial charge in [0.15, 0.2) is 11.5 Å². The first kappa shape index (κ1) is 17.7. The van der Waals surface area contributed by atoms with Gasteiger partial charge >= 0.3 is 0 Å². The Labute approximate surface area is 162 Å². The van der Waals surface area contributed by atoms with E-state index >= 15 is 0 Å². The molecule has 0 saturated carbocycles. The lowest BCUT2D eigenvalue weighted by Gasteiger charge is -2.12. The molecular formula is C20H20ClN3O3. The van der Waals surface area contributed by atoms with Gasteiger partial charge in [-0.15, -0.1) is 0 Å². The molecule has 1 aromatic heterocycles. The second kappa shape index (κ2) is 7.48. The Balaban J connectivity index is 1.46. The van der Waals surface area contributed by atoms with Crippen molar-refractivity contribution in [3.8, 4) is 11.5 Å². The van der Waals surface area contributed by atoms with Crippen LogP contribution >= 0.6 is 11.6 Å². The number of nitrogens with one attached hydrogen (secondary N) is 1. The molecule has 2 aromatic carbocycles. The molecule has 0 fully saturated rings. The monoisotopic (exact) mass is 385 g/mol. The van der Waals surface area contributed by atoms with Gasteiger partial charge in [0.2, 0.25) is 0 Å². The Kier molecular flexibility index (Phi) is 4.90. The number of aryl methyl sites for hydroxylation is 1. The zero-order chi connectivity index (χ0) is 18.8. The van der Waals surface area contributed by atoms with Crippen molar-refractivity contribution in [2.75, 3.05) is 19.8 Å². The summed E-state index contributed by atoms with van der Waals surface area (Å²) in [7, 11) is 0. The summed E-state index contributed by atoms with van der Waals surface area (Å²) < 4.78 is 13.3. The van der Waals surface area contributed by atoms with E-state index in [4.69, 9.17) is 21.1 Å². The van der Waals surface area contributed by atoms with Crippen LogP contribution < -0.4 is 14.8 Å². The highest BCUT2D eigenvalue weighted by atomic mass is 35.5. The molecule has 7 heteroatoms. The largest absolute Gasteiger partial charge is 0.489 e. The van der Waals surface area contributed by atoms with Crippen LogP contribution in [-0.2, 0) is 6.54 Å². The second-order valence-corrected chi connectivity index (χ2v) is 6.80. The Bertz CT molecular complexity index is 1000. The van der Waals surface area contributed by atoms with Crippen LogP contribution in [0.5, 0.6) is 11.5 Å². The predicted molar refractivity (Wildman–Crippen MR) is 104 cm³/mol. The van der Waals surface area contributed by atoms with E-state index in [1.807, 2.05) is 31.2 Å². The van der Waals surface area contributed by atoms with Gasteiger partial charge in [0, 0.05) is 25.1 Å². The third-order valence-electron chi connectivity index (χ3n) is 4.53. The Hall–Kier alpha value is -2.73. The molecule has 1 aliphatic rings. The molecule has 0 atom stereocenters. The molecule has 140 valence electrons. The maximum absolute atomic E-state index is 12.6. The van der Waals surface area contributed by atoms with Crippen molar-refractivity contribution in [2.45, 2.75) is 19.9 Å². The first-order valence-corrected chi connectivity index (χ1v) is 9.30. The summed E-state index contributed by atoms with van der Waals surface area (Å²) in [5.41, 5.74) is 2.47. The van der Waals surface area contributed by atoms with E-state index < -0.39 is 0 Å². The first-order valence-electron chi connectivity index (χ1n) is 8.92. The average Bonchev–Trinajstić information content (AvgIpc) is 2.82. The maximum atomic E-state index is 12.6. The molecule has 0 unspecified atom stereocenters. The lowest BCUT2D eigenvalue weighted by Crippen LogP contribution is -2.27. The van der Waals surface area contributed by atoms with Crippen LogP contribution in [0, 0.1) is 6.92 Å². The molecule has 4 rings (SSSR count). The molecule has 27 heavy (non-hydrogen) atoms. The summed E-state index contributed by atoms with van der Waals surface area (Å²) in [6.07, 6.45) is 0.782. The van der Waals surface area contributed by atoms with E-state index in [1.54, 1.807) is 12.1 Å². The van der Waals surface area contributed by atoms with Crippen molar-refractivity contribution in [3.63, 3.8) is 0 Å². The Morgan fingerprint density at radius 2 is 2.07 bits per heavy atom. The number of carbonyl (C=O) groups is 1. The molecule has 0 saturated heterocycles. The Morgan fingerprint density at radius 1 is 1.26 bits per heavy atom. The number of fused-ring (bicyclic) bond motifs is 2. The fourth-order valence-electron chi connectivity index (χ4n) is 3.22. The van der Waals surface area contributed by atoms with E-state index in [-0.39, 0.29) is 5.91 Å². The number of carbonyl (C=O) groups excluding carboxylic acids is 1. The average molecular weight is 386 g/mol.